The Bertz CT molecular complexity index is 964. The summed E-state index contributed by atoms with van der Waals surface area (Å²) in [5.41, 5.74) is 0.890. The minimum atomic E-state index is -0.313. The number of ether oxygens (including phenoxy) is 1. The maximum atomic E-state index is 12.8. The van der Waals surface area contributed by atoms with E-state index in [0.717, 1.165) is 54.1 Å². The second kappa shape index (κ2) is 10.1. The average Bonchev–Trinajstić information content (AvgIpc) is 3.08. The number of nitrogens with zero attached hydrogens (tertiary/aromatic N) is 4. The maximum Gasteiger partial charge on any atom is 0.348 e. The molecule has 9 heteroatoms. The number of esters is 1. The smallest absolute Gasteiger partial charge is 0.348 e. The van der Waals surface area contributed by atoms with E-state index < -0.39 is 0 Å². The molecule has 1 saturated heterocycles. The monoisotopic (exact) mass is 461 g/mol. The van der Waals surface area contributed by atoms with Crippen LogP contribution in [0.2, 0.25) is 0 Å². The highest BCUT2D eigenvalue weighted by molar-refractivity contribution is 7.20. The van der Waals surface area contributed by atoms with Crippen LogP contribution in [0.4, 0.5) is 5.82 Å². The van der Waals surface area contributed by atoms with Crippen LogP contribution in [-0.2, 0) is 9.53 Å². The molecule has 176 valence electrons. The van der Waals surface area contributed by atoms with Crippen LogP contribution in [-0.4, -0.2) is 73.6 Å². The van der Waals surface area contributed by atoms with Gasteiger partial charge in [0.25, 0.3) is 0 Å². The van der Waals surface area contributed by atoms with Crippen LogP contribution in [0.15, 0.2) is 6.33 Å². The molecule has 2 aromatic heterocycles. The molecule has 0 atom stereocenters. The highest BCUT2D eigenvalue weighted by atomic mass is 32.1. The summed E-state index contributed by atoms with van der Waals surface area (Å²) in [6.07, 6.45) is 3.10. The van der Waals surface area contributed by atoms with Gasteiger partial charge >= 0.3 is 5.97 Å². The van der Waals surface area contributed by atoms with Crippen molar-refractivity contribution in [1.29, 1.82) is 0 Å². The molecule has 1 fully saturated rings. The Balaban J connectivity index is 1.66. The summed E-state index contributed by atoms with van der Waals surface area (Å²) in [5.74, 6) is 0.676. The van der Waals surface area contributed by atoms with Gasteiger partial charge in [-0.25, -0.2) is 14.8 Å². The van der Waals surface area contributed by atoms with E-state index in [1.165, 1.54) is 11.3 Å². The van der Waals surface area contributed by atoms with E-state index in [9.17, 15) is 9.59 Å². The lowest BCUT2D eigenvalue weighted by Gasteiger charge is -2.34. The maximum absolute atomic E-state index is 12.8. The number of amides is 1. The van der Waals surface area contributed by atoms with Crippen molar-refractivity contribution in [2.45, 2.75) is 40.5 Å². The summed E-state index contributed by atoms with van der Waals surface area (Å²) in [6.45, 7) is 11.5. The molecule has 0 unspecified atom stereocenters. The van der Waals surface area contributed by atoms with Crippen molar-refractivity contribution in [3.05, 3.63) is 16.8 Å². The van der Waals surface area contributed by atoms with E-state index in [4.69, 9.17) is 4.74 Å². The summed E-state index contributed by atoms with van der Waals surface area (Å²) >= 11 is 1.35. The fourth-order valence-corrected chi connectivity index (χ4v) is 5.46. The number of hydrogen-bond donors (Lipinski definition) is 1. The minimum Gasteiger partial charge on any atom is -0.462 e. The first-order valence-corrected chi connectivity index (χ1v) is 12.0. The Morgan fingerprint density at radius 1 is 1.28 bits per heavy atom. The van der Waals surface area contributed by atoms with Gasteiger partial charge in [-0.05, 0) is 51.8 Å². The number of hydrogen-bond acceptors (Lipinski definition) is 8. The van der Waals surface area contributed by atoms with Gasteiger partial charge in [0.2, 0.25) is 5.91 Å². The van der Waals surface area contributed by atoms with E-state index in [2.05, 4.69) is 38.9 Å². The van der Waals surface area contributed by atoms with Gasteiger partial charge in [-0.1, -0.05) is 13.8 Å². The highest BCUT2D eigenvalue weighted by Crippen LogP contribution is 2.36. The zero-order valence-electron chi connectivity index (χ0n) is 20.0. The summed E-state index contributed by atoms with van der Waals surface area (Å²) in [4.78, 5) is 39.7. The number of anilines is 1. The van der Waals surface area contributed by atoms with Crippen LogP contribution >= 0.6 is 11.3 Å². The Labute approximate surface area is 194 Å². The second-order valence-electron chi connectivity index (χ2n) is 9.54. The quantitative estimate of drug-likeness (QED) is 0.605. The van der Waals surface area contributed by atoms with Gasteiger partial charge in [-0.2, -0.15) is 0 Å². The molecule has 1 aliphatic heterocycles. The van der Waals surface area contributed by atoms with E-state index in [1.807, 2.05) is 21.0 Å². The van der Waals surface area contributed by atoms with Crippen LogP contribution in [0.25, 0.3) is 10.2 Å². The second-order valence-corrected chi connectivity index (χ2v) is 10.5. The summed E-state index contributed by atoms with van der Waals surface area (Å²) < 4.78 is 5.19. The number of aromatic nitrogens is 2. The van der Waals surface area contributed by atoms with E-state index >= 15 is 0 Å². The number of carbonyl (C=O) groups excluding carboxylic acids is 2. The average molecular weight is 462 g/mol. The lowest BCUT2D eigenvalue weighted by Crippen LogP contribution is -2.45. The molecule has 1 N–H and O–H groups in total. The van der Waals surface area contributed by atoms with Crippen LogP contribution in [0, 0.1) is 18.3 Å². The number of nitrogens with one attached hydrogen (secondary N) is 1. The number of carbonyl (C=O) groups is 2. The third kappa shape index (κ3) is 5.56. The molecule has 32 heavy (non-hydrogen) atoms. The molecule has 3 heterocycles. The van der Waals surface area contributed by atoms with E-state index in [1.54, 1.807) is 13.3 Å². The first-order valence-electron chi connectivity index (χ1n) is 11.2. The molecular weight excluding hydrogens is 426 g/mol. The molecule has 1 aliphatic rings. The standard InChI is InChI=1S/C23H35N5O3S/c1-7-31-22(30)18-15(2)17-19(25-14-26-21(17)32-18)28-10-8-16(9-11-28)20(29)24-12-23(3,4)13-27(5)6/h14,16H,7-13H2,1-6H3,(H,24,29). The molecule has 2 aromatic rings. The van der Waals surface area contributed by atoms with Gasteiger partial charge in [-0.15, -0.1) is 11.3 Å². The fourth-order valence-electron chi connectivity index (χ4n) is 4.42. The molecule has 0 radical (unpaired) electrons. The molecule has 8 nitrogen and oxygen atoms in total. The van der Waals surface area contributed by atoms with Crippen LogP contribution in [0.3, 0.4) is 0 Å². The van der Waals surface area contributed by atoms with Gasteiger partial charge < -0.3 is 19.9 Å². The van der Waals surface area contributed by atoms with Crippen molar-refractivity contribution in [1.82, 2.24) is 20.2 Å². The van der Waals surface area contributed by atoms with E-state index in [-0.39, 0.29) is 23.2 Å². The normalized spacial score (nSPS) is 15.4. The Morgan fingerprint density at radius 2 is 1.97 bits per heavy atom. The Morgan fingerprint density at radius 3 is 2.59 bits per heavy atom. The molecule has 3 rings (SSSR count). The van der Waals surface area contributed by atoms with Crippen LogP contribution in [0.5, 0.6) is 0 Å². The zero-order chi connectivity index (χ0) is 23.5. The van der Waals surface area contributed by atoms with E-state index in [0.29, 0.717) is 18.0 Å². The van der Waals surface area contributed by atoms with Crippen molar-refractivity contribution in [2.75, 3.05) is 51.8 Å². The van der Waals surface area contributed by atoms with Gasteiger partial charge in [0.1, 0.15) is 21.9 Å². The van der Waals surface area contributed by atoms with Gasteiger partial charge in [-0.3, -0.25) is 4.79 Å². The third-order valence-corrected chi connectivity index (χ3v) is 7.00. The Kier molecular flexibility index (Phi) is 7.71. The molecule has 0 saturated carbocycles. The number of fused-ring (bicyclic) bond motifs is 1. The van der Waals surface area contributed by atoms with Crippen molar-refractivity contribution < 1.29 is 14.3 Å². The summed E-state index contributed by atoms with van der Waals surface area (Å²) in [6, 6.07) is 0. The minimum absolute atomic E-state index is 0.0115. The number of thiophene rings is 1. The van der Waals surface area contributed by atoms with Crippen molar-refractivity contribution in [2.24, 2.45) is 11.3 Å². The zero-order valence-corrected chi connectivity index (χ0v) is 20.8. The molecule has 0 spiro atoms. The fraction of sp³-hybridized carbons (Fsp3) is 0.652. The molecule has 1 amide bonds. The molecular formula is C23H35N5O3S. The summed E-state index contributed by atoms with van der Waals surface area (Å²) in [5, 5.41) is 4.07. The first kappa shape index (κ1) is 24.4. The lowest BCUT2D eigenvalue weighted by atomic mass is 9.91. The Hall–Kier alpha value is -2.26. The third-order valence-electron chi connectivity index (χ3n) is 5.82. The number of piperidine rings is 1. The van der Waals surface area contributed by atoms with Crippen molar-refractivity contribution in [3.63, 3.8) is 0 Å². The van der Waals surface area contributed by atoms with Crippen molar-refractivity contribution >= 4 is 39.2 Å². The first-order chi connectivity index (χ1) is 15.1. The SMILES string of the molecule is CCOC(=O)c1sc2ncnc(N3CCC(C(=O)NCC(C)(C)CN(C)C)CC3)c2c1C. The van der Waals surface area contributed by atoms with Crippen LogP contribution < -0.4 is 10.2 Å². The number of aryl methyl sites for hydroxylation is 1. The van der Waals surface area contributed by atoms with Gasteiger partial charge in [0.15, 0.2) is 0 Å². The van der Waals surface area contributed by atoms with Crippen molar-refractivity contribution in [3.8, 4) is 0 Å². The topological polar surface area (TPSA) is 87.7 Å². The van der Waals surface area contributed by atoms with Gasteiger partial charge in [0.05, 0.1) is 12.0 Å². The predicted molar refractivity (Wildman–Crippen MR) is 128 cm³/mol. The summed E-state index contributed by atoms with van der Waals surface area (Å²) in [7, 11) is 4.10. The largest absolute Gasteiger partial charge is 0.462 e. The molecule has 0 aliphatic carbocycles. The van der Waals surface area contributed by atoms with Crippen LogP contribution in [0.1, 0.15) is 48.8 Å². The lowest BCUT2D eigenvalue weighted by molar-refractivity contribution is -0.126. The number of rotatable bonds is 8. The molecule has 0 bridgehead atoms. The molecule has 0 aromatic carbocycles. The predicted octanol–water partition coefficient (Wildman–Crippen LogP) is 3.10. The highest BCUT2D eigenvalue weighted by Gasteiger charge is 2.29. The van der Waals surface area contributed by atoms with Gasteiger partial charge in [0, 0.05) is 32.1 Å².